The highest BCUT2D eigenvalue weighted by atomic mass is 16.4. The first-order valence-electron chi connectivity index (χ1n) is 19.7. The number of primary amides is 1. The molecule has 0 saturated carbocycles. The zero-order valence-electron chi connectivity index (χ0n) is 33.5. The summed E-state index contributed by atoms with van der Waals surface area (Å²) < 4.78 is 0. The fraction of sp³-hybridized carbons (Fsp3) is 0.512. The van der Waals surface area contributed by atoms with Crippen LogP contribution in [-0.4, -0.2) is 95.3 Å². The van der Waals surface area contributed by atoms with Crippen LogP contribution in [0.15, 0.2) is 60.7 Å². The van der Waals surface area contributed by atoms with Crippen molar-refractivity contribution in [3.63, 3.8) is 0 Å². The molecule has 58 heavy (non-hydrogen) atoms. The third-order valence-corrected chi connectivity index (χ3v) is 9.55. The van der Waals surface area contributed by atoms with Gasteiger partial charge in [-0.1, -0.05) is 88.4 Å². The minimum atomic E-state index is -1.50. The third kappa shape index (κ3) is 15.9. The van der Waals surface area contributed by atoms with Gasteiger partial charge in [-0.25, -0.2) is 9.59 Å². The number of hydrogen-bond acceptors (Lipinski definition) is 8. The molecule has 0 aromatic heterocycles. The maximum Gasteiger partial charge on any atom is 0.326 e. The number of nitrogens with one attached hydrogen (secondary N) is 7. The molecule has 316 valence electrons. The first-order valence-corrected chi connectivity index (χ1v) is 19.7. The molecule has 2 aromatic rings. The Hall–Kier alpha value is -6.00. The Morgan fingerprint density at radius 1 is 0.724 bits per heavy atom. The quantitative estimate of drug-likeness (QED) is 0.138. The molecule has 1 saturated heterocycles. The summed E-state index contributed by atoms with van der Waals surface area (Å²) in [5.41, 5.74) is 7.08. The van der Waals surface area contributed by atoms with Gasteiger partial charge in [-0.05, 0) is 61.5 Å². The lowest BCUT2D eigenvalue weighted by atomic mass is 10.00. The van der Waals surface area contributed by atoms with Crippen LogP contribution < -0.4 is 43.0 Å². The van der Waals surface area contributed by atoms with Crippen LogP contribution in [-0.2, 0) is 46.4 Å². The van der Waals surface area contributed by atoms with E-state index >= 15 is 0 Å². The maximum absolute atomic E-state index is 14.0. The van der Waals surface area contributed by atoms with Crippen LogP contribution in [0, 0.1) is 11.8 Å². The van der Waals surface area contributed by atoms with E-state index in [9.17, 15) is 43.5 Å². The van der Waals surface area contributed by atoms with Crippen LogP contribution in [0.5, 0.6) is 0 Å². The van der Waals surface area contributed by atoms with Gasteiger partial charge in [0, 0.05) is 13.0 Å². The van der Waals surface area contributed by atoms with E-state index in [1.807, 2.05) is 44.2 Å². The summed E-state index contributed by atoms with van der Waals surface area (Å²) in [6.07, 6.45) is 0.647. The highest BCUT2D eigenvalue weighted by Gasteiger charge is 2.34. The van der Waals surface area contributed by atoms with Crippen molar-refractivity contribution in [2.75, 3.05) is 6.54 Å². The van der Waals surface area contributed by atoms with Gasteiger partial charge in [-0.3, -0.25) is 28.8 Å². The van der Waals surface area contributed by atoms with Crippen LogP contribution in [0.3, 0.4) is 0 Å². The van der Waals surface area contributed by atoms with Crippen molar-refractivity contribution in [1.82, 2.24) is 37.2 Å². The van der Waals surface area contributed by atoms with E-state index in [1.165, 1.54) is 0 Å². The van der Waals surface area contributed by atoms with Gasteiger partial charge in [-0.2, -0.15) is 0 Å². The normalized spacial score (nSPS) is 22.1. The van der Waals surface area contributed by atoms with Crippen LogP contribution in [0.2, 0.25) is 0 Å². The SMILES string of the molecule is CC(C)CC1NC(=O)C(NC(=O)NC(C(=O)O)C(C)C)CCCCNC(=O)C(Cc2ccccc2)NC(=O)C(CC(N)=O)NC(=O)C(CCc2ccccc2)NC1=O. The van der Waals surface area contributed by atoms with Gasteiger partial charge < -0.3 is 48.1 Å². The number of carbonyl (C=O) groups excluding carboxylic acids is 7. The highest BCUT2D eigenvalue weighted by Crippen LogP contribution is 2.12. The van der Waals surface area contributed by atoms with Crippen molar-refractivity contribution in [3.05, 3.63) is 71.8 Å². The van der Waals surface area contributed by atoms with Crippen molar-refractivity contribution in [1.29, 1.82) is 0 Å². The third-order valence-electron chi connectivity index (χ3n) is 9.55. The molecule has 2 aromatic carbocycles. The standard InChI is InChI=1S/C41H58N8O9/c1-24(2)21-30-38(54)44-29(19-18-26-13-7-5-8-14-26)37(53)47-32(23-33(42)50)39(55)46-31(22-27-15-9-6-10-16-27)35(51)43-20-12-11-17-28(36(52)45-30)48-41(58)49-34(25(3)4)40(56)57/h5-10,13-16,24-25,28-32,34H,11-12,17-23H2,1-4H3,(H2,42,50)(H,43,51)(H,44,54)(H,45,52)(H,46,55)(H,47,53)(H,56,57)(H2,48,49,58). The number of carboxylic acids is 1. The molecule has 3 rings (SSSR count). The first-order chi connectivity index (χ1) is 27.5. The Morgan fingerprint density at radius 2 is 1.28 bits per heavy atom. The number of amides is 8. The molecule has 8 amide bonds. The Labute approximate surface area is 338 Å². The van der Waals surface area contributed by atoms with Crippen molar-refractivity contribution >= 4 is 47.4 Å². The maximum atomic E-state index is 14.0. The number of carboxylic acid groups (broad SMARTS) is 1. The van der Waals surface area contributed by atoms with E-state index in [0.717, 1.165) is 11.1 Å². The van der Waals surface area contributed by atoms with Gasteiger partial charge in [0.25, 0.3) is 0 Å². The molecule has 10 N–H and O–H groups in total. The number of nitrogens with two attached hydrogens (primary N) is 1. The average Bonchev–Trinajstić information content (AvgIpc) is 3.16. The summed E-state index contributed by atoms with van der Waals surface area (Å²) >= 11 is 0. The second kappa shape index (κ2) is 23.3. The van der Waals surface area contributed by atoms with Gasteiger partial charge >= 0.3 is 12.0 Å². The first kappa shape index (κ1) is 46.4. The molecule has 0 bridgehead atoms. The van der Waals surface area contributed by atoms with Crippen molar-refractivity contribution in [2.24, 2.45) is 17.6 Å². The molecule has 6 unspecified atom stereocenters. The number of aryl methyl sites for hydroxylation is 1. The van der Waals surface area contributed by atoms with Crippen molar-refractivity contribution in [3.8, 4) is 0 Å². The summed E-state index contributed by atoms with van der Waals surface area (Å²) in [5.74, 6) is -6.38. The molecule has 0 aliphatic carbocycles. The second-order valence-corrected chi connectivity index (χ2v) is 15.3. The minimum absolute atomic E-state index is 0.0473. The van der Waals surface area contributed by atoms with E-state index in [-0.39, 0.29) is 38.1 Å². The number of rotatable bonds is 13. The smallest absolute Gasteiger partial charge is 0.326 e. The lowest BCUT2D eigenvalue weighted by Crippen LogP contribution is -2.60. The predicted molar refractivity (Wildman–Crippen MR) is 214 cm³/mol. The lowest BCUT2D eigenvalue weighted by Gasteiger charge is -2.28. The zero-order chi connectivity index (χ0) is 42.8. The number of urea groups is 1. The molecular weight excluding hydrogens is 748 g/mol. The number of hydrogen-bond donors (Lipinski definition) is 9. The molecule has 17 heteroatoms. The molecule has 1 fully saturated rings. The summed E-state index contributed by atoms with van der Waals surface area (Å²) in [6.45, 7) is 7.02. The van der Waals surface area contributed by atoms with Gasteiger partial charge in [0.15, 0.2) is 0 Å². The van der Waals surface area contributed by atoms with Crippen LogP contribution >= 0.6 is 0 Å². The Balaban J connectivity index is 2.02. The number of benzene rings is 2. The largest absolute Gasteiger partial charge is 0.480 e. The number of aliphatic carboxylic acids is 1. The van der Waals surface area contributed by atoms with Crippen LogP contribution in [0.4, 0.5) is 4.79 Å². The number of carbonyl (C=O) groups is 8. The molecule has 17 nitrogen and oxygen atoms in total. The predicted octanol–water partition coefficient (Wildman–Crippen LogP) is 0.800. The van der Waals surface area contributed by atoms with Crippen LogP contribution in [0.25, 0.3) is 0 Å². The molecule has 6 atom stereocenters. The monoisotopic (exact) mass is 806 g/mol. The van der Waals surface area contributed by atoms with E-state index in [4.69, 9.17) is 5.73 Å². The van der Waals surface area contributed by atoms with E-state index in [2.05, 4.69) is 37.2 Å². The summed E-state index contributed by atoms with van der Waals surface area (Å²) in [4.78, 5) is 106. The minimum Gasteiger partial charge on any atom is -0.480 e. The topological polar surface area (TPSA) is 267 Å². The molecule has 0 radical (unpaired) electrons. The lowest BCUT2D eigenvalue weighted by molar-refractivity contribution is -0.140. The van der Waals surface area contributed by atoms with Gasteiger partial charge in [0.1, 0.15) is 36.3 Å². The molecule has 1 aliphatic heterocycles. The fourth-order valence-electron chi connectivity index (χ4n) is 6.42. The van der Waals surface area contributed by atoms with Gasteiger partial charge in [0.2, 0.25) is 35.4 Å². The molecule has 0 spiro atoms. The zero-order valence-corrected chi connectivity index (χ0v) is 33.5. The van der Waals surface area contributed by atoms with E-state index in [1.54, 1.807) is 44.2 Å². The molecule has 1 heterocycles. The fourth-order valence-corrected chi connectivity index (χ4v) is 6.42. The van der Waals surface area contributed by atoms with Crippen molar-refractivity contribution in [2.45, 2.75) is 115 Å². The van der Waals surface area contributed by atoms with Crippen LogP contribution in [0.1, 0.15) is 77.3 Å². The highest BCUT2D eigenvalue weighted by molar-refractivity contribution is 5.98. The average molecular weight is 807 g/mol. The summed E-state index contributed by atoms with van der Waals surface area (Å²) in [7, 11) is 0. The summed E-state index contributed by atoms with van der Waals surface area (Å²) in [5, 5.41) is 28.0. The Kier molecular flexibility index (Phi) is 18.6. The second-order valence-electron chi connectivity index (χ2n) is 15.3. The summed E-state index contributed by atoms with van der Waals surface area (Å²) in [6, 6.07) is 9.59. The Morgan fingerprint density at radius 3 is 1.86 bits per heavy atom. The van der Waals surface area contributed by atoms with Crippen molar-refractivity contribution < 1.29 is 43.5 Å². The Bertz CT molecular complexity index is 1720. The van der Waals surface area contributed by atoms with Gasteiger partial charge in [0.05, 0.1) is 6.42 Å². The van der Waals surface area contributed by atoms with Gasteiger partial charge in [-0.15, -0.1) is 0 Å². The molecular formula is C41H58N8O9. The van der Waals surface area contributed by atoms with E-state index < -0.39 is 96.0 Å². The van der Waals surface area contributed by atoms with E-state index in [0.29, 0.717) is 19.3 Å². The molecule has 1 aliphatic rings.